The molecule has 3 aliphatic rings. The lowest BCUT2D eigenvalue weighted by Crippen LogP contribution is -2.62. The quantitative estimate of drug-likeness (QED) is 0.357. The number of anilines is 1. The van der Waals surface area contributed by atoms with Crippen LogP contribution in [0.1, 0.15) is 53.7 Å². The van der Waals surface area contributed by atoms with Gasteiger partial charge in [-0.2, -0.15) is 4.98 Å². The lowest BCUT2D eigenvalue weighted by atomic mass is 9.96. The average molecular weight is 540 g/mol. The molecule has 9 unspecified atom stereocenters. The molecule has 3 fully saturated rings. The Hall–Kier alpha value is -1.97. The van der Waals surface area contributed by atoms with Crippen molar-refractivity contribution in [1.82, 2.24) is 19.8 Å². The summed E-state index contributed by atoms with van der Waals surface area (Å²) in [7, 11) is 3.63. The van der Waals surface area contributed by atoms with Gasteiger partial charge in [-0.15, -0.1) is 0 Å². The van der Waals surface area contributed by atoms with Crippen LogP contribution in [-0.2, 0) is 19.0 Å². The Morgan fingerprint density at radius 3 is 2.37 bits per heavy atom. The minimum Gasteiger partial charge on any atom is -0.394 e. The van der Waals surface area contributed by atoms with Crippen molar-refractivity contribution in [2.75, 3.05) is 25.6 Å². The molecular formula is C25H41N5O8. The van der Waals surface area contributed by atoms with Crippen molar-refractivity contribution in [3.8, 4) is 0 Å². The molecule has 9 atom stereocenters. The van der Waals surface area contributed by atoms with Gasteiger partial charge in [0.2, 0.25) is 0 Å². The van der Waals surface area contributed by atoms with Crippen LogP contribution >= 0.6 is 0 Å². The number of carbonyl (C=O) groups excluding carboxylic acids is 1. The third-order valence-electron chi connectivity index (χ3n) is 7.79. The van der Waals surface area contributed by atoms with Gasteiger partial charge >= 0.3 is 5.69 Å². The fourth-order valence-electron chi connectivity index (χ4n) is 5.88. The van der Waals surface area contributed by atoms with Crippen molar-refractivity contribution in [1.29, 1.82) is 0 Å². The minimum atomic E-state index is -1.22. The van der Waals surface area contributed by atoms with Gasteiger partial charge < -0.3 is 34.4 Å². The molecule has 0 aromatic carbocycles. The van der Waals surface area contributed by atoms with E-state index in [1.165, 1.54) is 9.47 Å². The number of hydrogen-bond donors (Lipinski definition) is 4. The average Bonchev–Trinajstić information content (AvgIpc) is 3.01. The molecule has 214 valence electrons. The van der Waals surface area contributed by atoms with Crippen LogP contribution < -0.4 is 15.9 Å². The molecule has 1 aromatic rings. The molecule has 13 nitrogen and oxygen atoms in total. The number of nitrogens with one attached hydrogen (secondary N) is 1. The highest BCUT2D eigenvalue weighted by atomic mass is 16.7. The summed E-state index contributed by atoms with van der Waals surface area (Å²) in [6, 6.07) is 1.21. The summed E-state index contributed by atoms with van der Waals surface area (Å²) in [6.07, 6.45) is -2.57. The molecule has 4 heterocycles. The van der Waals surface area contributed by atoms with E-state index in [0.717, 1.165) is 0 Å². The number of ether oxygens (including phenoxy) is 3. The maximum absolute atomic E-state index is 13.0. The molecular weight excluding hydrogens is 498 g/mol. The number of amides is 1. The van der Waals surface area contributed by atoms with E-state index in [1.807, 2.05) is 32.8 Å². The SMILES string of the molecule is CC1OC(n2ccc(N3C(=O)C(C)(CO)NC3(C)C)nc2=O)CCC1OC1OC(C)C(N(C)C)C(O)C1O. The normalized spacial score (nSPS) is 39.7. The molecule has 0 spiro atoms. The number of aliphatic hydroxyl groups excluding tert-OH is 3. The monoisotopic (exact) mass is 539 g/mol. The first-order chi connectivity index (χ1) is 17.7. The number of carbonyl (C=O) groups is 1. The number of nitrogens with zero attached hydrogens (tertiary/aromatic N) is 4. The van der Waals surface area contributed by atoms with Crippen LogP contribution in [0.2, 0.25) is 0 Å². The molecule has 4 N–H and O–H groups in total. The maximum atomic E-state index is 13.0. The topological polar surface area (TPSA) is 159 Å². The van der Waals surface area contributed by atoms with E-state index in [4.69, 9.17) is 14.2 Å². The Morgan fingerprint density at radius 1 is 1.13 bits per heavy atom. The van der Waals surface area contributed by atoms with E-state index >= 15 is 0 Å². The van der Waals surface area contributed by atoms with Gasteiger partial charge in [-0.1, -0.05) is 0 Å². The third kappa shape index (κ3) is 5.13. The van der Waals surface area contributed by atoms with Gasteiger partial charge in [-0.05, 0) is 67.6 Å². The van der Waals surface area contributed by atoms with Crippen molar-refractivity contribution < 1.29 is 34.3 Å². The molecule has 1 amide bonds. The molecule has 13 heteroatoms. The summed E-state index contributed by atoms with van der Waals surface area (Å²) in [5.74, 6) is -0.191. The van der Waals surface area contributed by atoms with Crippen LogP contribution in [0.25, 0.3) is 0 Å². The maximum Gasteiger partial charge on any atom is 0.351 e. The van der Waals surface area contributed by atoms with Crippen molar-refractivity contribution in [3.63, 3.8) is 0 Å². The van der Waals surface area contributed by atoms with Crippen molar-refractivity contribution in [3.05, 3.63) is 22.7 Å². The first kappa shape index (κ1) is 29.0. The zero-order valence-electron chi connectivity index (χ0n) is 23.1. The van der Waals surface area contributed by atoms with E-state index in [-0.39, 0.29) is 23.9 Å². The van der Waals surface area contributed by atoms with Crippen LogP contribution in [0.15, 0.2) is 17.1 Å². The van der Waals surface area contributed by atoms with Gasteiger partial charge in [0.25, 0.3) is 5.91 Å². The van der Waals surface area contributed by atoms with Crippen molar-refractivity contribution >= 4 is 11.7 Å². The Morgan fingerprint density at radius 2 is 1.82 bits per heavy atom. The summed E-state index contributed by atoms with van der Waals surface area (Å²) < 4.78 is 19.4. The fraction of sp³-hybridized carbons (Fsp3) is 0.800. The highest BCUT2D eigenvalue weighted by molar-refractivity contribution is 6.03. The number of aliphatic hydroxyl groups is 3. The Kier molecular flexibility index (Phi) is 8.05. The minimum absolute atomic E-state index is 0.183. The van der Waals surface area contributed by atoms with E-state index < -0.39 is 60.4 Å². The van der Waals surface area contributed by atoms with Crippen LogP contribution in [0.3, 0.4) is 0 Å². The van der Waals surface area contributed by atoms with Crippen LogP contribution in [-0.4, -0.2) is 110 Å². The van der Waals surface area contributed by atoms with Crippen LogP contribution in [0.4, 0.5) is 5.82 Å². The van der Waals surface area contributed by atoms with Crippen molar-refractivity contribution in [2.24, 2.45) is 0 Å². The van der Waals surface area contributed by atoms with Gasteiger partial charge in [-0.25, -0.2) is 4.79 Å². The molecule has 38 heavy (non-hydrogen) atoms. The second-order valence-electron chi connectivity index (χ2n) is 11.5. The molecule has 1 aromatic heterocycles. The lowest BCUT2D eigenvalue weighted by Gasteiger charge is -2.46. The zero-order chi connectivity index (χ0) is 28.2. The van der Waals surface area contributed by atoms with Gasteiger partial charge in [0.05, 0.1) is 36.6 Å². The molecule has 3 saturated heterocycles. The number of aromatic nitrogens is 2. The van der Waals surface area contributed by atoms with Crippen LogP contribution in [0, 0.1) is 0 Å². The highest BCUT2D eigenvalue weighted by Gasteiger charge is 2.53. The lowest BCUT2D eigenvalue weighted by molar-refractivity contribution is -0.310. The van der Waals surface area contributed by atoms with E-state index in [2.05, 4.69) is 10.3 Å². The van der Waals surface area contributed by atoms with E-state index in [9.17, 15) is 24.9 Å². The summed E-state index contributed by atoms with van der Waals surface area (Å²) >= 11 is 0. The molecule has 0 bridgehead atoms. The summed E-state index contributed by atoms with van der Waals surface area (Å²) in [4.78, 5) is 33.3. The first-order valence-corrected chi connectivity index (χ1v) is 13.0. The van der Waals surface area contributed by atoms with Gasteiger partial charge in [0, 0.05) is 6.20 Å². The van der Waals surface area contributed by atoms with Crippen molar-refractivity contribution in [2.45, 2.75) is 108 Å². The summed E-state index contributed by atoms with van der Waals surface area (Å²) in [5, 5.41) is 34.0. The van der Waals surface area contributed by atoms with E-state index in [0.29, 0.717) is 12.8 Å². The fourth-order valence-corrected chi connectivity index (χ4v) is 5.88. The largest absolute Gasteiger partial charge is 0.394 e. The second kappa shape index (κ2) is 10.5. The third-order valence-corrected chi connectivity index (χ3v) is 7.79. The molecule has 0 aliphatic carbocycles. The Balaban J connectivity index is 1.43. The standard InChI is InChI=1S/C25H41N5O8/c1-13-15(38-21-20(33)19(32)18(28(6)7)14(2)37-21)8-9-17(36-13)29-11-10-16(26-23(29)35)30-22(34)25(5,12-31)27-24(30,3)4/h10-11,13-15,17-21,27,31-33H,8-9,12H2,1-7H3. The van der Waals surface area contributed by atoms with E-state index in [1.54, 1.807) is 33.0 Å². The van der Waals surface area contributed by atoms with Gasteiger partial charge in [-0.3, -0.25) is 19.6 Å². The smallest absolute Gasteiger partial charge is 0.351 e. The van der Waals surface area contributed by atoms with Gasteiger partial charge in [0.15, 0.2) is 6.29 Å². The zero-order valence-corrected chi connectivity index (χ0v) is 23.1. The molecule has 0 radical (unpaired) electrons. The molecule has 3 aliphatic heterocycles. The number of hydrogen-bond acceptors (Lipinski definition) is 11. The highest BCUT2D eigenvalue weighted by Crippen LogP contribution is 2.34. The Labute approximate surface area is 222 Å². The predicted molar refractivity (Wildman–Crippen MR) is 136 cm³/mol. The summed E-state index contributed by atoms with van der Waals surface area (Å²) in [6.45, 7) is 8.41. The predicted octanol–water partition coefficient (Wildman–Crippen LogP) is -0.854. The van der Waals surface area contributed by atoms with Gasteiger partial charge in [0.1, 0.15) is 29.8 Å². The second-order valence-corrected chi connectivity index (χ2v) is 11.5. The summed E-state index contributed by atoms with van der Waals surface area (Å²) in [5.41, 5.74) is -2.60. The Bertz CT molecular complexity index is 1080. The number of rotatable bonds is 6. The molecule has 0 saturated carbocycles. The first-order valence-electron chi connectivity index (χ1n) is 13.0. The number of likely N-dealkylation sites (N-methyl/N-ethyl adjacent to an activating group) is 1. The molecule has 4 rings (SSSR count). The van der Waals surface area contributed by atoms with Crippen LogP contribution in [0.5, 0.6) is 0 Å².